The van der Waals surface area contributed by atoms with E-state index in [0.29, 0.717) is 4.47 Å². The second kappa shape index (κ2) is 3.89. The Morgan fingerprint density at radius 3 is 2.67 bits per heavy atom. The monoisotopic (exact) mass is 231 g/mol. The number of pyridine rings is 1. The Morgan fingerprint density at radius 2 is 2.25 bits per heavy atom. The first-order valence-corrected chi connectivity index (χ1v) is 4.00. The Morgan fingerprint density at radius 1 is 1.58 bits per heavy atom. The predicted molar refractivity (Wildman–Crippen MR) is 48.3 cm³/mol. The summed E-state index contributed by atoms with van der Waals surface area (Å²) >= 11 is 3.15. The van der Waals surface area contributed by atoms with Crippen molar-refractivity contribution >= 4 is 28.5 Å². The van der Waals surface area contributed by atoms with Gasteiger partial charge in [0.1, 0.15) is 0 Å². The van der Waals surface area contributed by atoms with E-state index >= 15 is 0 Å². The third-order valence-corrected chi connectivity index (χ3v) is 2.04. The van der Waals surface area contributed by atoms with E-state index in [9.17, 15) is 0 Å². The Labute approximate surface area is 78.5 Å². The summed E-state index contributed by atoms with van der Waals surface area (Å²) in [7, 11) is -0.163. The molecule has 0 unspecified atom stereocenters. The van der Waals surface area contributed by atoms with Gasteiger partial charge in [-0.1, -0.05) is 15.9 Å². The van der Waals surface area contributed by atoms with Gasteiger partial charge in [0.15, 0.2) is 0 Å². The Bertz CT molecular complexity index is 281. The second-order valence-corrected chi connectivity index (χ2v) is 2.94. The van der Waals surface area contributed by atoms with Crippen LogP contribution in [0.25, 0.3) is 0 Å². The molecule has 0 aliphatic rings. The van der Waals surface area contributed by atoms with E-state index in [0.717, 1.165) is 0 Å². The lowest BCUT2D eigenvalue weighted by molar-refractivity contribution is 0.390. The maximum atomic E-state index is 8.92. The first-order valence-electron chi connectivity index (χ1n) is 3.21. The molecule has 0 aliphatic heterocycles. The van der Waals surface area contributed by atoms with Gasteiger partial charge >= 0.3 is 7.12 Å². The standard InChI is InChI=1S/C6H7BBrNO3/c1-12-6-5(7(10)11)4(8)2-3-9-6/h2-3,10-11H,1H3. The third-order valence-electron chi connectivity index (χ3n) is 1.35. The SMILES string of the molecule is COc1nccc(Br)c1B(O)O. The zero-order valence-corrected chi connectivity index (χ0v) is 7.95. The number of hydrogen-bond donors (Lipinski definition) is 2. The maximum Gasteiger partial charge on any atom is 0.495 e. The van der Waals surface area contributed by atoms with Crippen LogP contribution in [-0.4, -0.2) is 29.3 Å². The number of hydrogen-bond acceptors (Lipinski definition) is 4. The van der Waals surface area contributed by atoms with Crippen LogP contribution in [0.15, 0.2) is 16.7 Å². The minimum atomic E-state index is -1.58. The molecule has 0 radical (unpaired) electrons. The van der Waals surface area contributed by atoms with E-state index in [1.807, 2.05) is 0 Å². The molecular formula is C6H7BBrNO3. The Balaban J connectivity index is 3.20. The highest BCUT2D eigenvalue weighted by Crippen LogP contribution is 2.11. The van der Waals surface area contributed by atoms with E-state index in [1.54, 1.807) is 6.07 Å². The highest BCUT2D eigenvalue weighted by atomic mass is 79.9. The van der Waals surface area contributed by atoms with Crippen molar-refractivity contribution in [1.29, 1.82) is 0 Å². The zero-order chi connectivity index (χ0) is 9.14. The molecule has 0 saturated carbocycles. The number of halogens is 1. The van der Waals surface area contributed by atoms with Gasteiger partial charge in [0, 0.05) is 10.7 Å². The van der Waals surface area contributed by atoms with Crippen molar-refractivity contribution in [2.24, 2.45) is 0 Å². The van der Waals surface area contributed by atoms with Crippen LogP contribution in [0.1, 0.15) is 0 Å². The van der Waals surface area contributed by atoms with Crippen LogP contribution in [0.5, 0.6) is 5.88 Å². The van der Waals surface area contributed by atoms with Crippen LogP contribution < -0.4 is 10.2 Å². The van der Waals surface area contributed by atoms with Crippen LogP contribution in [0.4, 0.5) is 0 Å². The van der Waals surface area contributed by atoms with Crippen molar-refractivity contribution in [1.82, 2.24) is 4.98 Å². The summed E-state index contributed by atoms with van der Waals surface area (Å²) in [5.41, 5.74) is 0.236. The van der Waals surface area contributed by atoms with Gasteiger partial charge < -0.3 is 14.8 Å². The van der Waals surface area contributed by atoms with Gasteiger partial charge in [0.05, 0.1) is 12.6 Å². The Hall–Kier alpha value is -0.585. The second-order valence-electron chi connectivity index (χ2n) is 2.09. The molecule has 1 heterocycles. The molecule has 0 amide bonds. The largest absolute Gasteiger partial charge is 0.495 e. The fourth-order valence-electron chi connectivity index (χ4n) is 0.828. The van der Waals surface area contributed by atoms with Gasteiger partial charge in [-0.25, -0.2) is 4.98 Å². The lowest BCUT2D eigenvalue weighted by Crippen LogP contribution is -2.32. The van der Waals surface area contributed by atoms with Crippen LogP contribution in [0, 0.1) is 0 Å². The van der Waals surface area contributed by atoms with Gasteiger partial charge in [0.2, 0.25) is 5.88 Å². The van der Waals surface area contributed by atoms with Gasteiger partial charge in [-0.3, -0.25) is 0 Å². The molecule has 2 N–H and O–H groups in total. The van der Waals surface area contributed by atoms with Gasteiger partial charge in [-0.2, -0.15) is 0 Å². The highest BCUT2D eigenvalue weighted by Gasteiger charge is 2.20. The lowest BCUT2D eigenvalue weighted by Gasteiger charge is -2.07. The van der Waals surface area contributed by atoms with E-state index in [2.05, 4.69) is 20.9 Å². The van der Waals surface area contributed by atoms with Crippen molar-refractivity contribution in [2.75, 3.05) is 7.11 Å². The van der Waals surface area contributed by atoms with Gasteiger partial charge in [-0.15, -0.1) is 0 Å². The van der Waals surface area contributed by atoms with Crippen molar-refractivity contribution in [3.8, 4) is 5.88 Å². The summed E-state index contributed by atoms with van der Waals surface area (Å²) in [6.07, 6.45) is 1.51. The highest BCUT2D eigenvalue weighted by molar-refractivity contribution is 9.10. The maximum absolute atomic E-state index is 8.92. The van der Waals surface area contributed by atoms with E-state index in [1.165, 1.54) is 13.3 Å². The number of aromatic nitrogens is 1. The topological polar surface area (TPSA) is 62.6 Å². The van der Waals surface area contributed by atoms with Crippen LogP contribution in [0.3, 0.4) is 0 Å². The fourth-order valence-corrected chi connectivity index (χ4v) is 1.32. The minimum Gasteiger partial charge on any atom is -0.481 e. The smallest absolute Gasteiger partial charge is 0.481 e. The molecule has 0 aromatic carbocycles. The van der Waals surface area contributed by atoms with Crippen molar-refractivity contribution in [3.05, 3.63) is 16.7 Å². The first-order chi connectivity index (χ1) is 5.66. The number of ether oxygens (including phenoxy) is 1. The first kappa shape index (κ1) is 9.50. The molecule has 64 valence electrons. The molecule has 1 aromatic heterocycles. The lowest BCUT2D eigenvalue weighted by atomic mass is 9.81. The quantitative estimate of drug-likeness (QED) is 0.676. The number of nitrogens with zero attached hydrogens (tertiary/aromatic N) is 1. The molecule has 0 spiro atoms. The molecule has 1 rings (SSSR count). The normalized spacial score (nSPS) is 9.67. The van der Waals surface area contributed by atoms with Crippen LogP contribution in [-0.2, 0) is 0 Å². The minimum absolute atomic E-state index is 0.208. The summed E-state index contributed by atoms with van der Waals surface area (Å²) in [4.78, 5) is 3.81. The number of methoxy groups -OCH3 is 1. The average Bonchev–Trinajstić information content (AvgIpc) is 2.03. The molecule has 4 nitrogen and oxygen atoms in total. The molecule has 1 aromatic rings. The summed E-state index contributed by atoms with van der Waals surface area (Å²) in [5, 5.41) is 17.8. The molecule has 0 saturated heterocycles. The molecule has 0 atom stereocenters. The van der Waals surface area contributed by atoms with Crippen LogP contribution in [0.2, 0.25) is 0 Å². The predicted octanol–water partition coefficient (Wildman–Crippen LogP) is -0.468. The molecule has 0 bridgehead atoms. The Kier molecular flexibility index (Phi) is 3.08. The molecule has 0 fully saturated rings. The third kappa shape index (κ3) is 1.77. The van der Waals surface area contributed by atoms with Gasteiger partial charge in [0.25, 0.3) is 0 Å². The fraction of sp³-hybridized carbons (Fsp3) is 0.167. The van der Waals surface area contributed by atoms with Crippen molar-refractivity contribution in [2.45, 2.75) is 0 Å². The molecule has 0 aliphatic carbocycles. The molecular weight excluding hydrogens is 225 g/mol. The summed E-state index contributed by atoms with van der Waals surface area (Å²) in [5.74, 6) is 0.208. The summed E-state index contributed by atoms with van der Waals surface area (Å²) in [6.45, 7) is 0. The van der Waals surface area contributed by atoms with Crippen molar-refractivity contribution < 1.29 is 14.8 Å². The van der Waals surface area contributed by atoms with Gasteiger partial charge in [-0.05, 0) is 6.07 Å². The molecule has 12 heavy (non-hydrogen) atoms. The van der Waals surface area contributed by atoms with E-state index in [4.69, 9.17) is 14.8 Å². The average molecular weight is 232 g/mol. The summed E-state index contributed by atoms with van der Waals surface area (Å²) in [6, 6.07) is 1.61. The van der Waals surface area contributed by atoms with Crippen molar-refractivity contribution in [3.63, 3.8) is 0 Å². The van der Waals surface area contributed by atoms with E-state index < -0.39 is 7.12 Å². The zero-order valence-electron chi connectivity index (χ0n) is 6.36. The van der Waals surface area contributed by atoms with E-state index in [-0.39, 0.29) is 11.3 Å². The van der Waals surface area contributed by atoms with Crippen LogP contribution >= 0.6 is 15.9 Å². The molecule has 6 heteroatoms. The summed E-state index contributed by atoms with van der Waals surface area (Å²) < 4.78 is 5.39. The number of rotatable bonds is 2.